The fourth-order valence-electron chi connectivity index (χ4n) is 2.17. The van der Waals surface area contributed by atoms with Crippen molar-refractivity contribution in [2.45, 2.75) is 45.9 Å². The Morgan fingerprint density at radius 3 is 2.71 bits per heavy atom. The minimum atomic E-state index is -0.470. The van der Waals surface area contributed by atoms with Gasteiger partial charge in [-0.05, 0) is 27.7 Å². The number of guanidine groups is 1. The molecule has 0 unspecified atom stereocenters. The summed E-state index contributed by atoms with van der Waals surface area (Å²) in [5, 5.41) is 10.5. The summed E-state index contributed by atoms with van der Waals surface area (Å²) < 4.78 is 7.04. The Morgan fingerprint density at radius 2 is 2.17 bits per heavy atom. The molecular formula is C15H27N7O2. The van der Waals surface area contributed by atoms with Gasteiger partial charge >= 0.3 is 6.09 Å². The Bertz CT molecular complexity index is 585. The van der Waals surface area contributed by atoms with Gasteiger partial charge in [0.1, 0.15) is 24.3 Å². The molecule has 0 atom stereocenters. The van der Waals surface area contributed by atoms with Gasteiger partial charge in [-0.15, -0.1) is 0 Å². The summed E-state index contributed by atoms with van der Waals surface area (Å²) in [5.41, 5.74) is -0.470. The number of aliphatic imine (C=N–C) groups is 1. The van der Waals surface area contributed by atoms with Crippen LogP contribution in [0.4, 0.5) is 4.79 Å². The molecule has 2 N–H and O–H groups in total. The van der Waals surface area contributed by atoms with Gasteiger partial charge in [-0.1, -0.05) is 0 Å². The van der Waals surface area contributed by atoms with E-state index in [1.54, 1.807) is 9.58 Å². The summed E-state index contributed by atoms with van der Waals surface area (Å²) in [6.45, 7) is 10.00. The van der Waals surface area contributed by atoms with Gasteiger partial charge in [-0.2, -0.15) is 5.10 Å². The maximum atomic E-state index is 11.9. The average molecular weight is 337 g/mol. The van der Waals surface area contributed by atoms with E-state index in [-0.39, 0.29) is 12.1 Å². The second-order valence-electron chi connectivity index (χ2n) is 6.72. The van der Waals surface area contributed by atoms with Crippen LogP contribution in [0.25, 0.3) is 0 Å². The van der Waals surface area contributed by atoms with Crippen LogP contribution in [-0.4, -0.2) is 63.0 Å². The van der Waals surface area contributed by atoms with Crippen molar-refractivity contribution in [3.63, 3.8) is 0 Å². The maximum Gasteiger partial charge on any atom is 0.410 e. The van der Waals surface area contributed by atoms with Crippen molar-refractivity contribution in [3.8, 4) is 0 Å². The number of aryl methyl sites for hydroxylation is 1. The first-order chi connectivity index (χ1) is 11.3. The van der Waals surface area contributed by atoms with Crippen LogP contribution in [0.2, 0.25) is 0 Å². The van der Waals surface area contributed by atoms with Crippen molar-refractivity contribution in [1.29, 1.82) is 0 Å². The Labute approximate surface area is 142 Å². The van der Waals surface area contributed by atoms with Crippen molar-refractivity contribution in [3.05, 3.63) is 12.2 Å². The Kier molecular flexibility index (Phi) is 5.63. The van der Waals surface area contributed by atoms with Gasteiger partial charge < -0.3 is 20.3 Å². The van der Waals surface area contributed by atoms with E-state index in [1.807, 2.05) is 34.7 Å². The van der Waals surface area contributed by atoms with Crippen molar-refractivity contribution in [2.75, 3.05) is 19.6 Å². The Morgan fingerprint density at radius 1 is 1.46 bits per heavy atom. The molecule has 0 radical (unpaired) electrons. The van der Waals surface area contributed by atoms with Gasteiger partial charge in [-0.25, -0.2) is 14.8 Å². The molecule has 1 saturated heterocycles. The monoisotopic (exact) mass is 337 g/mol. The molecule has 0 aromatic carbocycles. The minimum absolute atomic E-state index is 0.162. The van der Waals surface area contributed by atoms with Gasteiger partial charge in [0.15, 0.2) is 5.96 Å². The number of nitrogens with zero attached hydrogens (tertiary/aromatic N) is 5. The van der Waals surface area contributed by atoms with E-state index >= 15 is 0 Å². The topological polar surface area (TPSA) is 96.7 Å². The highest BCUT2D eigenvalue weighted by molar-refractivity contribution is 5.80. The van der Waals surface area contributed by atoms with E-state index < -0.39 is 5.60 Å². The summed E-state index contributed by atoms with van der Waals surface area (Å²) in [6, 6.07) is 0.162. The number of amides is 1. The fourth-order valence-corrected chi connectivity index (χ4v) is 2.17. The van der Waals surface area contributed by atoms with Crippen LogP contribution in [0.3, 0.4) is 0 Å². The second-order valence-corrected chi connectivity index (χ2v) is 6.72. The molecule has 2 heterocycles. The molecule has 0 spiro atoms. The maximum absolute atomic E-state index is 11.9. The Balaban J connectivity index is 1.82. The SMILES string of the molecule is CCNC(=NCc1ncnn1C)NC1CN(C(=O)OC(C)(C)C)C1. The van der Waals surface area contributed by atoms with E-state index in [4.69, 9.17) is 4.74 Å². The third-order valence-corrected chi connectivity index (χ3v) is 3.40. The molecule has 0 aliphatic carbocycles. The van der Waals surface area contributed by atoms with Crippen LogP contribution in [-0.2, 0) is 18.3 Å². The lowest BCUT2D eigenvalue weighted by atomic mass is 10.1. The molecule has 1 amide bonds. The number of carbonyl (C=O) groups excluding carboxylic acids is 1. The number of ether oxygens (including phenoxy) is 1. The quantitative estimate of drug-likeness (QED) is 0.613. The largest absolute Gasteiger partial charge is 0.444 e. The second kappa shape index (κ2) is 7.50. The molecule has 1 aliphatic heterocycles. The molecule has 0 saturated carbocycles. The van der Waals surface area contributed by atoms with E-state index in [1.165, 1.54) is 6.33 Å². The van der Waals surface area contributed by atoms with Gasteiger partial charge in [0.2, 0.25) is 0 Å². The zero-order valence-corrected chi connectivity index (χ0v) is 15.0. The van der Waals surface area contributed by atoms with Crippen LogP contribution < -0.4 is 10.6 Å². The molecule has 24 heavy (non-hydrogen) atoms. The number of aromatic nitrogens is 3. The third-order valence-electron chi connectivity index (χ3n) is 3.40. The zero-order chi connectivity index (χ0) is 17.7. The molecular weight excluding hydrogens is 310 g/mol. The fraction of sp³-hybridized carbons (Fsp3) is 0.733. The zero-order valence-electron chi connectivity index (χ0n) is 15.0. The van der Waals surface area contributed by atoms with Gasteiger partial charge in [0.05, 0.1) is 6.04 Å². The van der Waals surface area contributed by atoms with Crippen LogP contribution >= 0.6 is 0 Å². The number of likely N-dealkylation sites (tertiary alicyclic amines) is 1. The predicted molar refractivity (Wildman–Crippen MR) is 90.5 cm³/mol. The summed E-state index contributed by atoms with van der Waals surface area (Å²) >= 11 is 0. The van der Waals surface area contributed by atoms with E-state index in [2.05, 4.69) is 25.7 Å². The van der Waals surface area contributed by atoms with E-state index in [9.17, 15) is 4.79 Å². The lowest BCUT2D eigenvalue weighted by molar-refractivity contribution is 0.00701. The Hall–Kier alpha value is -2.32. The molecule has 1 aliphatic rings. The molecule has 1 fully saturated rings. The van der Waals surface area contributed by atoms with Crippen molar-refractivity contribution >= 4 is 12.1 Å². The van der Waals surface area contributed by atoms with Gasteiger partial charge in [0.25, 0.3) is 0 Å². The van der Waals surface area contributed by atoms with Gasteiger partial charge in [0, 0.05) is 26.7 Å². The molecule has 2 rings (SSSR count). The predicted octanol–water partition coefficient (Wildman–Crippen LogP) is 0.490. The van der Waals surface area contributed by atoms with Crippen molar-refractivity contribution in [2.24, 2.45) is 12.0 Å². The molecule has 0 bridgehead atoms. The van der Waals surface area contributed by atoms with E-state index in [0.29, 0.717) is 25.6 Å². The van der Waals surface area contributed by atoms with E-state index in [0.717, 1.165) is 12.4 Å². The molecule has 1 aromatic heterocycles. The lowest BCUT2D eigenvalue weighted by Gasteiger charge is -2.40. The normalized spacial score (nSPS) is 15.9. The molecule has 9 nitrogen and oxygen atoms in total. The molecule has 134 valence electrons. The number of hydrogen-bond donors (Lipinski definition) is 2. The van der Waals surface area contributed by atoms with Crippen molar-refractivity contribution < 1.29 is 9.53 Å². The molecule has 9 heteroatoms. The summed E-state index contributed by atoms with van der Waals surface area (Å²) in [5.74, 6) is 1.49. The standard InChI is InChI=1S/C15H27N7O2/c1-6-16-13(17-7-12-18-10-19-21(12)5)20-11-8-22(9-11)14(23)24-15(2,3)4/h10-11H,6-9H2,1-5H3,(H2,16,17,20). The first kappa shape index (κ1) is 18.0. The number of rotatable bonds is 4. The highest BCUT2D eigenvalue weighted by Gasteiger charge is 2.34. The first-order valence-corrected chi connectivity index (χ1v) is 8.14. The average Bonchev–Trinajstić information content (AvgIpc) is 2.82. The highest BCUT2D eigenvalue weighted by atomic mass is 16.6. The number of carbonyl (C=O) groups is 1. The highest BCUT2D eigenvalue weighted by Crippen LogP contribution is 2.15. The minimum Gasteiger partial charge on any atom is -0.444 e. The van der Waals surface area contributed by atoms with Gasteiger partial charge in [-0.3, -0.25) is 4.68 Å². The smallest absolute Gasteiger partial charge is 0.410 e. The number of hydrogen-bond acceptors (Lipinski definition) is 5. The van der Waals surface area contributed by atoms with Crippen LogP contribution in [0, 0.1) is 0 Å². The van der Waals surface area contributed by atoms with Crippen LogP contribution in [0.5, 0.6) is 0 Å². The summed E-state index contributed by atoms with van der Waals surface area (Å²) in [6.07, 6.45) is 1.23. The summed E-state index contributed by atoms with van der Waals surface area (Å²) in [7, 11) is 1.84. The third kappa shape index (κ3) is 5.10. The lowest BCUT2D eigenvalue weighted by Crippen LogP contribution is -2.63. The first-order valence-electron chi connectivity index (χ1n) is 8.14. The number of nitrogens with one attached hydrogen (secondary N) is 2. The molecule has 1 aromatic rings. The van der Waals surface area contributed by atoms with Crippen LogP contribution in [0.15, 0.2) is 11.3 Å². The summed E-state index contributed by atoms with van der Waals surface area (Å²) in [4.78, 5) is 22.3. The van der Waals surface area contributed by atoms with Crippen molar-refractivity contribution in [1.82, 2.24) is 30.3 Å². The van der Waals surface area contributed by atoms with Crippen LogP contribution in [0.1, 0.15) is 33.5 Å².